The van der Waals surface area contributed by atoms with Crippen molar-refractivity contribution in [2.45, 2.75) is 38.3 Å². The van der Waals surface area contributed by atoms with Gasteiger partial charge in [-0.2, -0.15) is 5.10 Å². The van der Waals surface area contributed by atoms with Crippen molar-refractivity contribution in [3.05, 3.63) is 29.9 Å². The maximum absolute atomic E-state index is 12.1. The Morgan fingerprint density at radius 1 is 1.55 bits per heavy atom. The number of aromatic amines is 1. The second kappa shape index (κ2) is 5.36. The summed E-state index contributed by atoms with van der Waals surface area (Å²) in [7, 11) is 0. The minimum Gasteiger partial charge on any atom is -0.485 e. The third-order valence-electron chi connectivity index (χ3n) is 3.49. The molecule has 7 heteroatoms. The number of aromatic nitrogens is 3. The number of nitrogens with one attached hydrogen (secondary N) is 2. The van der Waals surface area contributed by atoms with Gasteiger partial charge in [0.05, 0.1) is 18.4 Å². The van der Waals surface area contributed by atoms with Crippen molar-refractivity contribution in [2.75, 3.05) is 0 Å². The summed E-state index contributed by atoms with van der Waals surface area (Å²) in [6.07, 6.45) is 7.56. The highest BCUT2D eigenvalue weighted by atomic mass is 16.5. The standard InChI is InChI=1S/C13H16N4O3/c1-8-7-19-17-12(8)13(18)16-10-3-2-4-11(10)20-9-5-14-15-6-9/h5-7,10-11H,2-4H2,1H3,(H,14,15)(H,16,18)/t10-,11+/m0/s1. The summed E-state index contributed by atoms with van der Waals surface area (Å²) in [5, 5.41) is 13.2. The number of H-pyrrole nitrogens is 1. The maximum atomic E-state index is 12.1. The summed E-state index contributed by atoms with van der Waals surface area (Å²) in [6.45, 7) is 1.79. The summed E-state index contributed by atoms with van der Waals surface area (Å²) < 4.78 is 10.6. The fraction of sp³-hybridized carbons (Fsp3) is 0.462. The van der Waals surface area contributed by atoms with E-state index in [1.807, 2.05) is 0 Å². The van der Waals surface area contributed by atoms with Crippen LogP contribution in [0.1, 0.15) is 35.3 Å². The highest BCUT2D eigenvalue weighted by Gasteiger charge is 2.31. The predicted molar refractivity (Wildman–Crippen MR) is 69.3 cm³/mol. The first-order valence-corrected chi connectivity index (χ1v) is 6.61. The van der Waals surface area contributed by atoms with Crippen molar-refractivity contribution in [2.24, 2.45) is 0 Å². The Labute approximate surface area is 115 Å². The van der Waals surface area contributed by atoms with E-state index in [1.54, 1.807) is 19.3 Å². The van der Waals surface area contributed by atoms with Crippen LogP contribution in [-0.4, -0.2) is 33.4 Å². The van der Waals surface area contributed by atoms with Crippen LogP contribution in [-0.2, 0) is 0 Å². The van der Waals surface area contributed by atoms with Crippen LogP contribution in [0.5, 0.6) is 5.75 Å². The van der Waals surface area contributed by atoms with Gasteiger partial charge in [-0.05, 0) is 26.2 Å². The fourth-order valence-corrected chi connectivity index (χ4v) is 2.45. The minimum absolute atomic E-state index is 0.0199. The third-order valence-corrected chi connectivity index (χ3v) is 3.49. The van der Waals surface area contributed by atoms with Gasteiger partial charge < -0.3 is 14.6 Å². The van der Waals surface area contributed by atoms with Gasteiger partial charge >= 0.3 is 0 Å². The molecule has 2 heterocycles. The number of nitrogens with zero attached hydrogens (tertiary/aromatic N) is 2. The molecule has 0 bridgehead atoms. The van der Waals surface area contributed by atoms with Crippen molar-refractivity contribution < 1.29 is 14.1 Å². The molecule has 1 aliphatic rings. The summed E-state index contributed by atoms with van der Waals surface area (Å²) >= 11 is 0. The number of carbonyl (C=O) groups is 1. The molecule has 2 N–H and O–H groups in total. The van der Waals surface area contributed by atoms with E-state index >= 15 is 0 Å². The molecule has 1 fully saturated rings. The van der Waals surface area contributed by atoms with Crippen LogP contribution >= 0.6 is 0 Å². The molecule has 7 nitrogen and oxygen atoms in total. The van der Waals surface area contributed by atoms with Gasteiger partial charge in [-0.15, -0.1) is 0 Å². The Hall–Kier alpha value is -2.31. The van der Waals surface area contributed by atoms with Crippen LogP contribution in [0.15, 0.2) is 23.2 Å². The van der Waals surface area contributed by atoms with Gasteiger partial charge in [0.25, 0.3) is 5.91 Å². The van der Waals surface area contributed by atoms with E-state index in [4.69, 9.17) is 9.26 Å². The number of hydrogen-bond donors (Lipinski definition) is 2. The molecule has 20 heavy (non-hydrogen) atoms. The molecule has 0 radical (unpaired) electrons. The maximum Gasteiger partial charge on any atom is 0.274 e. The molecule has 106 valence electrons. The van der Waals surface area contributed by atoms with Crippen LogP contribution in [0.25, 0.3) is 0 Å². The van der Waals surface area contributed by atoms with Crippen molar-refractivity contribution in [3.8, 4) is 5.75 Å². The second-order valence-corrected chi connectivity index (χ2v) is 4.95. The zero-order chi connectivity index (χ0) is 13.9. The molecule has 2 aromatic rings. The number of aryl methyl sites for hydroxylation is 1. The number of hydrogen-bond acceptors (Lipinski definition) is 5. The van der Waals surface area contributed by atoms with E-state index in [0.29, 0.717) is 11.4 Å². The number of rotatable bonds is 4. The topological polar surface area (TPSA) is 93.0 Å². The Morgan fingerprint density at radius 2 is 2.45 bits per heavy atom. The zero-order valence-corrected chi connectivity index (χ0v) is 11.1. The Bertz CT molecular complexity index is 578. The van der Waals surface area contributed by atoms with Crippen LogP contribution in [0, 0.1) is 6.92 Å². The van der Waals surface area contributed by atoms with Gasteiger partial charge in [0, 0.05) is 5.56 Å². The molecule has 3 rings (SSSR count). The lowest BCUT2D eigenvalue weighted by molar-refractivity contribution is 0.0884. The molecule has 0 unspecified atom stereocenters. The first-order chi connectivity index (χ1) is 9.74. The zero-order valence-electron chi connectivity index (χ0n) is 11.1. The van der Waals surface area contributed by atoms with Crippen molar-refractivity contribution >= 4 is 5.91 Å². The van der Waals surface area contributed by atoms with Gasteiger partial charge in [0.15, 0.2) is 11.4 Å². The Morgan fingerprint density at radius 3 is 3.15 bits per heavy atom. The largest absolute Gasteiger partial charge is 0.485 e. The lowest BCUT2D eigenvalue weighted by atomic mass is 10.2. The molecule has 2 atom stereocenters. The molecular weight excluding hydrogens is 260 g/mol. The first-order valence-electron chi connectivity index (χ1n) is 6.61. The van der Waals surface area contributed by atoms with Gasteiger partial charge in [-0.1, -0.05) is 5.16 Å². The van der Waals surface area contributed by atoms with E-state index in [1.165, 1.54) is 6.26 Å². The normalized spacial score (nSPS) is 21.9. The van der Waals surface area contributed by atoms with Gasteiger partial charge in [0.1, 0.15) is 12.4 Å². The molecule has 1 saturated carbocycles. The SMILES string of the molecule is Cc1conc1C(=O)N[C@H]1CCC[C@H]1Oc1cn[nH]c1. The molecular formula is C13H16N4O3. The summed E-state index contributed by atoms with van der Waals surface area (Å²) in [4.78, 5) is 12.1. The Kier molecular flexibility index (Phi) is 3.41. The first kappa shape index (κ1) is 12.7. The lowest BCUT2D eigenvalue weighted by Crippen LogP contribution is -2.42. The van der Waals surface area contributed by atoms with E-state index in [2.05, 4.69) is 20.7 Å². The Balaban J connectivity index is 1.64. The van der Waals surface area contributed by atoms with Gasteiger partial charge in [0.2, 0.25) is 0 Å². The van der Waals surface area contributed by atoms with E-state index in [-0.39, 0.29) is 18.1 Å². The van der Waals surface area contributed by atoms with Crippen molar-refractivity contribution in [3.63, 3.8) is 0 Å². The second-order valence-electron chi connectivity index (χ2n) is 4.95. The highest BCUT2D eigenvalue weighted by Crippen LogP contribution is 2.24. The molecule has 0 aromatic carbocycles. The van der Waals surface area contributed by atoms with Gasteiger partial charge in [-0.25, -0.2) is 0 Å². The lowest BCUT2D eigenvalue weighted by Gasteiger charge is -2.21. The summed E-state index contributed by atoms with van der Waals surface area (Å²) in [5.41, 5.74) is 1.06. The molecule has 1 aliphatic carbocycles. The average Bonchev–Trinajstić information content (AvgIpc) is 3.13. The molecule has 0 spiro atoms. The average molecular weight is 276 g/mol. The third kappa shape index (κ3) is 2.52. The number of ether oxygens (including phenoxy) is 1. The van der Waals surface area contributed by atoms with Crippen LogP contribution < -0.4 is 10.1 Å². The van der Waals surface area contributed by atoms with E-state index < -0.39 is 0 Å². The smallest absolute Gasteiger partial charge is 0.274 e. The summed E-state index contributed by atoms with van der Waals surface area (Å²) in [5.74, 6) is 0.470. The quantitative estimate of drug-likeness (QED) is 0.881. The summed E-state index contributed by atoms with van der Waals surface area (Å²) in [6, 6.07) is -0.0199. The fourth-order valence-electron chi connectivity index (χ4n) is 2.45. The molecule has 1 amide bonds. The van der Waals surface area contributed by atoms with Crippen molar-refractivity contribution in [1.82, 2.24) is 20.7 Å². The molecule has 2 aromatic heterocycles. The monoisotopic (exact) mass is 276 g/mol. The van der Waals surface area contributed by atoms with Crippen molar-refractivity contribution in [1.29, 1.82) is 0 Å². The highest BCUT2D eigenvalue weighted by molar-refractivity contribution is 5.93. The predicted octanol–water partition coefficient (Wildman–Crippen LogP) is 1.44. The van der Waals surface area contributed by atoms with Crippen LogP contribution in [0.3, 0.4) is 0 Å². The van der Waals surface area contributed by atoms with Crippen LogP contribution in [0.4, 0.5) is 0 Å². The minimum atomic E-state index is -0.219. The van der Waals surface area contributed by atoms with E-state index in [9.17, 15) is 4.79 Å². The number of amides is 1. The number of carbonyl (C=O) groups excluding carboxylic acids is 1. The molecule has 0 saturated heterocycles. The van der Waals surface area contributed by atoms with Crippen LogP contribution in [0.2, 0.25) is 0 Å². The molecule has 0 aliphatic heterocycles. The van der Waals surface area contributed by atoms with E-state index in [0.717, 1.165) is 24.8 Å². The van der Waals surface area contributed by atoms with Gasteiger partial charge in [-0.3, -0.25) is 9.89 Å².